The highest BCUT2D eigenvalue weighted by Gasteiger charge is 2.23. The lowest BCUT2D eigenvalue weighted by Gasteiger charge is -2.14. The van der Waals surface area contributed by atoms with Crippen molar-refractivity contribution < 1.29 is 4.79 Å². The van der Waals surface area contributed by atoms with Gasteiger partial charge in [0.2, 0.25) is 5.95 Å². The molecule has 0 radical (unpaired) electrons. The minimum absolute atomic E-state index is 0.0818. The summed E-state index contributed by atoms with van der Waals surface area (Å²) in [5.41, 5.74) is 2.41. The molecule has 8 heteroatoms. The van der Waals surface area contributed by atoms with E-state index in [0.29, 0.717) is 28.9 Å². The molecule has 1 saturated carbocycles. The van der Waals surface area contributed by atoms with Crippen LogP contribution in [0.1, 0.15) is 35.3 Å². The van der Waals surface area contributed by atoms with Crippen molar-refractivity contribution in [2.24, 2.45) is 0 Å². The summed E-state index contributed by atoms with van der Waals surface area (Å²) in [4.78, 5) is 36.3. The predicted octanol–water partition coefficient (Wildman–Crippen LogP) is 2.34. The van der Waals surface area contributed by atoms with Crippen LogP contribution < -0.4 is 16.2 Å². The van der Waals surface area contributed by atoms with Gasteiger partial charge in [-0.15, -0.1) is 0 Å². The van der Waals surface area contributed by atoms with E-state index in [2.05, 4.69) is 25.5 Å². The van der Waals surface area contributed by atoms with Gasteiger partial charge in [-0.2, -0.15) is 4.98 Å². The van der Waals surface area contributed by atoms with Gasteiger partial charge in [-0.25, -0.2) is 4.98 Å². The summed E-state index contributed by atoms with van der Waals surface area (Å²) < 4.78 is 1.57. The molecule has 1 aliphatic carbocycles. The second-order valence-electron chi connectivity index (χ2n) is 8.26. The Morgan fingerprint density at radius 3 is 2.55 bits per heavy atom. The number of nitrogens with zero attached hydrogens (tertiary/aromatic N) is 4. The second kappa shape index (κ2) is 8.85. The Bertz CT molecular complexity index is 1150. The number of anilines is 1. The molecule has 162 valence electrons. The average Bonchev–Trinajstić information content (AvgIpc) is 3.55. The number of benzene rings is 1. The van der Waals surface area contributed by atoms with Crippen molar-refractivity contribution in [3.05, 3.63) is 58.0 Å². The van der Waals surface area contributed by atoms with Crippen LogP contribution >= 0.6 is 0 Å². The van der Waals surface area contributed by atoms with Gasteiger partial charge in [0.25, 0.3) is 11.5 Å². The fourth-order valence-electron chi connectivity index (χ4n) is 3.45. The van der Waals surface area contributed by atoms with E-state index in [-0.39, 0.29) is 11.5 Å². The summed E-state index contributed by atoms with van der Waals surface area (Å²) in [7, 11) is 4.08. The van der Waals surface area contributed by atoms with Gasteiger partial charge in [0.15, 0.2) is 5.65 Å². The van der Waals surface area contributed by atoms with Crippen molar-refractivity contribution in [2.45, 2.75) is 32.2 Å². The third-order valence-electron chi connectivity index (χ3n) is 5.31. The zero-order valence-corrected chi connectivity index (χ0v) is 18.2. The number of aromatic nitrogens is 3. The molecule has 3 aromatic rings. The smallest absolute Gasteiger partial charge is 0.256 e. The van der Waals surface area contributed by atoms with E-state index in [0.717, 1.165) is 43.4 Å². The summed E-state index contributed by atoms with van der Waals surface area (Å²) in [6, 6.07) is 10.6. The molecular weight excluding hydrogens is 392 g/mol. The SMILES string of the molecule is Cc1nc(NCCCN(C)C)nc2c1ccc(=O)n2-c1ccc(C(=O)NC2CC2)cc1. The normalized spacial score (nSPS) is 13.5. The molecule has 0 bridgehead atoms. The monoisotopic (exact) mass is 420 g/mol. The van der Waals surface area contributed by atoms with Crippen molar-refractivity contribution >= 4 is 22.9 Å². The summed E-state index contributed by atoms with van der Waals surface area (Å²) in [5.74, 6) is 0.422. The highest BCUT2D eigenvalue weighted by molar-refractivity contribution is 5.94. The molecule has 0 aliphatic heterocycles. The first-order valence-corrected chi connectivity index (χ1v) is 10.6. The van der Waals surface area contributed by atoms with Crippen LogP contribution in [0.15, 0.2) is 41.2 Å². The number of nitrogens with one attached hydrogen (secondary N) is 2. The molecule has 1 aliphatic rings. The molecule has 8 nitrogen and oxygen atoms in total. The maximum absolute atomic E-state index is 12.8. The van der Waals surface area contributed by atoms with Crippen molar-refractivity contribution in [1.82, 2.24) is 24.8 Å². The van der Waals surface area contributed by atoms with Gasteiger partial charge in [0.05, 0.1) is 11.4 Å². The molecule has 1 aromatic carbocycles. The van der Waals surface area contributed by atoms with Gasteiger partial charge in [0.1, 0.15) is 0 Å². The zero-order chi connectivity index (χ0) is 22.0. The van der Waals surface area contributed by atoms with Crippen molar-refractivity contribution in [2.75, 3.05) is 32.5 Å². The molecule has 2 N–H and O–H groups in total. The maximum atomic E-state index is 12.8. The summed E-state index contributed by atoms with van der Waals surface area (Å²) in [6.07, 6.45) is 3.04. The quantitative estimate of drug-likeness (QED) is 0.544. The minimum Gasteiger partial charge on any atom is -0.354 e. The Morgan fingerprint density at radius 1 is 1.13 bits per heavy atom. The summed E-state index contributed by atoms with van der Waals surface area (Å²) in [6.45, 7) is 3.62. The van der Waals surface area contributed by atoms with Gasteiger partial charge in [-0.1, -0.05) is 0 Å². The first-order valence-electron chi connectivity index (χ1n) is 10.6. The van der Waals surface area contributed by atoms with Gasteiger partial charge in [0, 0.05) is 29.6 Å². The second-order valence-corrected chi connectivity index (χ2v) is 8.26. The number of carbonyl (C=O) groups excluding carboxylic acids is 1. The van der Waals surface area contributed by atoms with Crippen molar-refractivity contribution in [3.63, 3.8) is 0 Å². The Morgan fingerprint density at radius 2 is 1.87 bits per heavy atom. The van der Waals surface area contributed by atoms with Crippen molar-refractivity contribution in [1.29, 1.82) is 0 Å². The zero-order valence-electron chi connectivity index (χ0n) is 18.2. The van der Waals surface area contributed by atoms with E-state index in [9.17, 15) is 9.59 Å². The Labute approximate surface area is 181 Å². The molecule has 0 atom stereocenters. The standard InChI is InChI=1S/C23H28N6O2/c1-15-19-11-12-20(30)29(21(19)27-23(25-15)24-13-4-14-28(2)3)18-9-5-16(6-10-18)22(31)26-17-7-8-17/h5-6,9-12,17H,4,7-8,13-14H2,1-3H3,(H,26,31)(H,24,25,27). The molecule has 31 heavy (non-hydrogen) atoms. The molecule has 0 unspecified atom stereocenters. The van der Waals surface area contributed by atoms with Crippen LogP contribution in [-0.4, -0.2) is 58.6 Å². The van der Waals surface area contributed by atoms with Crippen LogP contribution in [0.5, 0.6) is 0 Å². The number of fused-ring (bicyclic) bond motifs is 1. The topological polar surface area (TPSA) is 92.2 Å². The third kappa shape index (κ3) is 4.91. The summed E-state index contributed by atoms with van der Waals surface area (Å²) in [5, 5.41) is 7.05. The highest BCUT2D eigenvalue weighted by Crippen LogP contribution is 2.21. The van der Waals surface area contributed by atoms with Crippen LogP contribution in [0.3, 0.4) is 0 Å². The number of pyridine rings is 1. The van der Waals surface area contributed by atoms with E-state index < -0.39 is 0 Å². The number of hydrogen-bond acceptors (Lipinski definition) is 6. The van der Waals surface area contributed by atoms with E-state index in [4.69, 9.17) is 0 Å². The largest absolute Gasteiger partial charge is 0.354 e. The van der Waals surface area contributed by atoms with Crippen LogP contribution in [0, 0.1) is 6.92 Å². The van der Waals surface area contributed by atoms with Crippen LogP contribution in [-0.2, 0) is 0 Å². The fraction of sp³-hybridized carbons (Fsp3) is 0.391. The van der Waals surface area contributed by atoms with Crippen LogP contribution in [0.25, 0.3) is 16.7 Å². The third-order valence-corrected chi connectivity index (χ3v) is 5.31. The Balaban J connectivity index is 1.65. The molecule has 0 saturated heterocycles. The highest BCUT2D eigenvalue weighted by atomic mass is 16.1. The van der Waals surface area contributed by atoms with Crippen LogP contribution in [0.2, 0.25) is 0 Å². The van der Waals surface area contributed by atoms with Gasteiger partial charge in [-0.05, 0) is 77.2 Å². The molecule has 4 rings (SSSR count). The fourth-order valence-corrected chi connectivity index (χ4v) is 3.45. The van der Waals surface area contributed by atoms with E-state index >= 15 is 0 Å². The average molecular weight is 421 g/mol. The number of hydrogen-bond donors (Lipinski definition) is 2. The summed E-state index contributed by atoms with van der Waals surface area (Å²) >= 11 is 0. The first-order chi connectivity index (χ1) is 14.9. The van der Waals surface area contributed by atoms with E-state index in [1.807, 2.05) is 21.0 Å². The Hall–Kier alpha value is -3.26. The number of aryl methyl sites for hydroxylation is 1. The number of rotatable bonds is 8. The molecule has 0 spiro atoms. The van der Waals surface area contributed by atoms with Gasteiger partial charge in [-0.3, -0.25) is 14.2 Å². The lowest BCUT2D eigenvalue weighted by atomic mass is 10.1. The molecule has 2 heterocycles. The lowest BCUT2D eigenvalue weighted by Crippen LogP contribution is -2.25. The maximum Gasteiger partial charge on any atom is 0.256 e. The lowest BCUT2D eigenvalue weighted by molar-refractivity contribution is 0.0951. The van der Waals surface area contributed by atoms with Gasteiger partial charge < -0.3 is 15.5 Å². The Kier molecular flexibility index (Phi) is 5.99. The first kappa shape index (κ1) is 21.0. The number of carbonyl (C=O) groups is 1. The molecule has 1 amide bonds. The molecule has 2 aromatic heterocycles. The molecular formula is C23H28N6O2. The van der Waals surface area contributed by atoms with Gasteiger partial charge >= 0.3 is 0 Å². The van der Waals surface area contributed by atoms with Crippen molar-refractivity contribution in [3.8, 4) is 5.69 Å². The predicted molar refractivity (Wildman–Crippen MR) is 122 cm³/mol. The van der Waals surface area contributed by atoms with E-state index in [1.165, 1.54) is 6.07 Å². The minimum atomic E-state index is -0.181. The van der Waals surface area contributed by atoms with Crippen LogP contribution in [0.4, 0.5) is 5.95 Å². The number of amides is 1. The molecule has 1 fully saturated rings. The van der Waals surface area contributed by atoms with E-state index in [1.54, 1.807) is 34.9 Å².